The Morgan fingerprint density at radius 1 is 0.750 bits per heavy atom. The van der Waals surface area contributed by atoms with E-state index in [1.807, 2.05) is 54.6 Å². The number of fused-ring (bicyclic) bond motifs is 1. The third-order valence-corrected chi connectivity index (χ3v) is 6.38. The molecule has 0 radical (unpaired) electrons. The van der Waals surface area contributed by atoms with Crippen LogP contribution >= 0.6 is 0 Å². The Morgan fingerprint density at radius 3 is 1.89 bits per heavy atom. The highest BCUT2D eigenvalue weighted by Crippen LogP contribution is 2.57. The van der Waals surface area contributed by atoms with Crippen LogP contribution in [-0.4, -0.2) is 11.3 Å². The van der Waals surface area contributed by atoms with E-state index in [0.717, 1.165) is 16.7 Å². The van der Waals surface area contributed by atoms with Gasteiger partial charge in [-0.15, -0.1) is 0 Å². The molecular formula is C26H24NO+. The van der Waals surface area contributed by atoms with Crippen molar-refractivity contribution in [2.24, 2.45) is 11.8 Å². The molecule has 2 N–H and O–H groups in total. The van der Waals surface area contributed by atoms with Crippen molar-refractivity contribution in [3.63, 3.8) is 0 Å². The minimum Gasteiger partial charge on any atom is -0.380 e. The third-order valence-electron chi connectivity index (χ3n) is 6.38. The van der Waals surface area contributed by atoms with E-state index in [4.69, 9.17) is 0 Å². The molecule has 0 spiro atoms. The summed E-state index contributed by atoms with van der Waals surface area (Å²) in [5.41, 5.74) is 2.64. The molecule has 2 nitrogen and oxygen atoms in total. The lowest BCUT2D eigenvalue weighted by Crippen LogP contribution is -2.80. The highest BCUT2D eigenvalue weighted by atomic mass is 16.3. The average Bonchev–Trinajstić information content (AvgIpc) is 3.25. The minimum atomic E-state index is -1.09. The maximum atomic E-state index is 12.4. The van der Waals surface area contributed by atoms with Gasteiger partial charge >= 0.3 is 0 Å². The van der Waals surface area contributed by atoms with Crippen LogP contribution in [0.15, 0.2) is 97.1 Å². The molecule has 28 heavy (non-hydrogen) atoms. The molecule has 0 aromatic heterocycles. The van der Waals surface area contributed by atoms with Crippen molar-refractivity contribution in [1.29, 1.82) is 0 Å². The summed E-state index contributed by atoms with van der Waals surface area (Å²) in [5.74, 6) is 0.155. The molecular weight excluding hydrogens is 342 g/mol. The first-order valence-electron chi connectivity index (χ1n) is 9.89. The summed E-state index contributed by atoms with van der Waals surface area (Å²) < 4.78 is 0. The molecule has 5 rings (SSSR count). The predicted octanol–water partition coefficient (Wildman–Crippen LogP) is 3.28. The van der Waals surface area contributed by atoms with Crippen molar-refractivity contribution in [2.45, 2.75) is 18.1 Å². The standard InChI is InChI=1S/C26H23NO/c1-19-18-27-25(21-13-7-3-8-14-21)17-23(20-11-5-2-6-12-20)26(28,24(19)25)22-15-9-4-10-16-22/h2-19,24,28H,1H3/p+1. The number of aliphatic hydroxyl groups is 1. The summed E-state index contributed by atoms with van der Waals surface area (Å²) in [4.78, 5) is 3.66. The second-order valence-corrected chi connectivity index (χ2v) is 7.94. The zero-order chi connectivity index (χ0) is 19.2. The van der Waals surface area contributed by atoms with Crippen LogP contribution in [0.4, 0.5) is 0 Å². The molecule has 0 saturated heterocycles. The number of rotatable bonds is 3. The molecule has 1 aliphatic carbocycles. The van der Waals surface area contributed by atoms with Crippen molar-refractivity contribution >= 4 is 11.8 Å². The molecule has 1 heterocycles. The summed E-state index contributed by atoms with van der Waals surface area (Å²) in [6.07, 6.45) is 4.40. The number of hydrogen-bond acceptors (Lipinski definition) is 1. The summed E-state index contributed by atoms with van der Waals surface area (Å²) in [6.45, 7) is 2.19. The summed E-state index contributed by atoms with van der Waals surface area (Å²) in [5, 5.41) is 12.4. The van der Waals surface area contributed by atoms with Gasteiger partial charge in [0, 0.05) is 11.5 Å². The van der Waals surface area contributed by atoms with Crippen molar-refractivity contribution in [3.8, 4) is 0 Å². The molecule has 4 atom stereocenters. The van der Waals surface area contributed by atoms with Gasteiger partial charge in [0.25, 0.3) is 0 Å². The van der Waals surface area contributed by atoms with Gasteiger partial charge in [-0.25, -0.2) is 4.99 Å². The van der Waals surface area contributed by atoms with Crippen LogP contribution < -0.4 is 4.99 Å². The van der Waals surface area contributed by atoms with Crippen LogP contribution in [0, 0.1) is 11.8 Å². The largest absolute Gasteiger partial charge is 0.380 e. The molecule has 3 aromatic carbocycles. The summed E-state index contributed by atoms with van der Waals surface area (Å²) in [7, 11) is 0. The second-order valence-electron chi connectivity index (χ2n) is 7.94. The van der Waals surface area contributed by atoms with Crippen LogP contribution in [0.3, 0.4) is 0 Å². The van der Waals surface area contributed by atoms with E-state index < -0.39 is 11.1 Å². The van der Waals surface area contributed by atoms with Crippen LogP contribution in [0.5, 0.6) is 0 Å². The first-order chi connectivity index (χ1) is 13.7. The Balaban J connectivity index is 1.81. The maximum Gasteiger partial charge on any atom is 0.211 e. The molecule has 1 aliphatic heterocycles. The number of nitrogens with one attached hydrogen (secondary N) is 1. The zero-order valence-electron chi connectivity index (χ0n) is 15.9. The van der Waals surface area contributed by atoms with Gasteiger partial charge in [-0.1, -0.05) is 97.9 Å². The molecule has 2 heteroatoms. The van der Waals surface area contributed by atoms with Gasteiger partial charge in [0.15, 0.2) is 0 Å². The second kappa shape index (κ2) is 6.29. The lowest BCUT2D eigenvalue weighted by molar-refractivity contribution is -0.544. The van der Waals surface area contributed by atoms with Gasteiger partial charge in [0.05, 0.1) is 5.92 Å². The van der Waals surface area contributed by atoms with Gasteiger partial charge in [0.2, 0.25) is 5.54 Å². The lowest BCUT2D eigenvalue weighted by Gasteiger charge is -2.36. The van der Waals surface area contributed by atoms with E-state index in [2.05, 4.69) is 60.6 Å². The smallest absolute Gasteiger partial charge is 0.211 e. The fourth-order valence-corrected chi connectivity index (χ4v) is 5.23. The molecule has 3 aromatic rings. The number of benzene rings is 3. The van der Waals surface area contributed by atoms with E-state index in [-0.39, 0.29) is 11.8 Å². The minimum absolute atomic E-state index is 0.0417. The molecule has 138 valence electrons. The Kier molecular flexibility index (Phi) is 3.85. The Labute approximate surface area is 165 Å². The van der Waals surface area contributed by atoms with Gasteiger partial charge in [-0.3, -0.25) is 0 Å². The highest BCUT2D eigenvalue weighted by Gasteiger charge is 2.66. The Morgan fingerprint density at radius 2 is 1.29 bits per heavy atom. The van der Waals surface area contributed by atoms with Crippen molar-refractivity contribution in [1.82, 2.24) is 0 Å². The van der Waals surface area contributed by atoms with Crippen LogP contribution in [0.2, 0.25) is 0 Å². The molecule has 0 fully saturated rings. The fraction of sp³-hybridized carbons (Fsp3) is 0.192. The Bertz CT molecular complexity index is 1040. The normalized spacial score (nSPS) is 30.9. The van der Waals surface area contributed by atoms with E-state index in [1.165, 1.54) is 5.56 Å². The van der Waals surface area contributed by atoms with Crippen molar-refractivity contribution < 1.29 is 10.1 Å². The van der Waals surface area contributed by atoms with E-state index >= 15 is 0 Å². The molecule has 2 aliphatic rings. The first-order valence-corrected chi connectivity index (χ1v) is 9.89. The summed E-state index contributed by atoms with van der Waals surface area (Å²) in [6, 6.07) is 30.9. The van der Waals surface area contributed by atoms with E-state index in [0.29, 0.717) is 0 Å². The number of hydrogen-bond donors (Lipinski definition) is 2. The van der Waals surface area contributed by atoms with E-state index in [9.17, 15) is 5.11 Å². The third kappa shape index (κ3) is 2.28. The van der Waals surface area contributed by atoms with Gasteiger partial charge < -0.3 is 5.11 Å². The topological polar surface area (TPSA) is 34.2 Å². The monoisotopic (exact) mass is 366 g/mol. The van der Waals surface area contributed by atoms with Gasteiger partial charge in [-0.2, -0.15) is 0 Å². The fourth-order valence-electron chi connectivity index (χ4n) is 5.23. The Hall–Kier alpha value is -2.97. The van der Waals surface area contributed by atoms with Crippen LogP contribution in [0.1, 0.15) is 23.6 Å². The van der Waals surface area contributed by atoms with Crippen LogP contribution in [-0.2, 0) is 11.1 Å². The SMILES string of the molecule is CC1C=[NH+]C2(c3ccccc3)C=C(c3ccccc3)C(O)(c3ccccc3)C12. The van der Waals surface area contributed by atoms with Gasteiger partial charge in [0.1, 0.15) is 11.8 Å². The highest BCUT2D eigenvalue weighted by molar-refractivity contribution is 5.81. The first kappa shape index (κ1) is 17.2. The average molecular weight is 366 g/mol. The summed E-state index contributed by atoms with van der Waals surface area (Å²) >= 11 is 0. The molecule has 0 saturated carbocycles. The van der Waals surface area contributed by atoms with Crippen LogP contribution in [0.25, 0.3) is 5.57 Å². The van der Waals surface area contributed by atoms with Crippen molar-refractivity contribution in [3.05, 3.63) is 114 Å². The zero-order valence-corrected chi connectivity index (χ0v) is 15.9. The van der Waals surface area contributed by atoms with Gasteiger partial charge in [-0.05, 0) is 22.8 Å². The van der Waals surface area contributed by atoms with E-state index in [1.54, 1.807) is 0 Å². The molecule has 0 amide bonds. The lowest BCUT2D eigenvalue weighted by atomic mass is 9.68. The molecule has 0 bridgehead atoms. The van der Waals surface area contributed by atoms with Crippen molar-refractivity contribution in [2.75, 3.05) is 0 Å². The predicted molar refractivity (Wildman–Crippen MR) is 113 cm³/mol. The molecule has 4 unspecified atom stereocenters. The maximum absolute atomic E-state index is 12.4. The quantitative estimate of drug-likeness (QED) is 0.733.